The SMILES string of the molecule is CN1CCC(S(=O)c2ccc(C(F)(F)F)cc2N)C1=O. The third kappa shape index (κ3) is 2.65. The van der Waals surface area contributed by atoms with E-state index in [1.54, 1.807) is 7.05 Å². The molecule has 2 unspecified atom stereocenters. The molecule has 1 aromatic rings. The minimum absolute atomic E-state index is 0.0756. The molecule has 0 bridgehead atoms. The molecular weight excluding hydrogens is 293 g/mol. The van der Waals surface area contributed by atoms with Crippen molar-refractivity contribution in [3.05, 3.63) is 23.8 Å². The van der Waals surface area contributed by atoms with Crippen LogP contribution in [0.2, 0.25) is 0 Å². The van der Waals surface area contributed by atoms with Crippen LogP contribution in [0.5, 0.6) is 0 Å². The lowest BCUT2D eigenvalue weighted by Crippen LogP contribution is -2.28. The van der Waals surface area contributed by atoms with E-state index in [0.717, 1.165) is 18.2 Å². The first-order valence-corrected chi connectivity index (χ1v) is 7.05. The van der Waals surface area contributed by atoms with E-state index >= 15 is 0 Å². The first kappa shape index (κ1) is 14.8. The quantitative estimate of drug-likeness (QED) is 0.845. The summed E-state index contributed by atoms with van der Waals surface area (Å²) in [6.45, 7) is 0.482. The number of carbonyl (C=O) groups is 1. The highest BCUT2D eigenvalue weighted by molar-refractivity contribution is 7.86. The maximum atomic E-state index is 12.5. The van der Waals surface area contributed by atoms with Crippen LogP contribution in [0.1, 0.15) is 12.0 Å². The number of halogens is 3. The third-order valence-corrected chi connectivity index (χ3v) is 4.95. The van der Waals surface area contributed by atoms with Gasteiger partial charge in [0.2, 0.25) is 5.91 Å². The second-order valence-corrected chi connectivity index (χ2v) is 6.19. The van der Waals surface area contributed by atoms with Gasteiger partial charge in [-0.25, -0.2) is 0 Å². The monoisotopic (exact) mass is 306 g/mol. The summed E-state index contributed by atoms with van der Waals surface area (Å²) in [6, 6.07) is 2.66. The van der Waals surface area contributed by atoms with E-state index in [-0.39, 0.29) is 16.5 Å². The van der Waals surface area contributed by atoms with Crippen LogP contribution in [-0.4, -0.2) is 33.9 Å². The fraction of sp³-hybridized carbons (Fsp3) is 0.417. The van der Waals surface area contributed by atoms with Gasteiger partial charge in [0.05, 0.1) is 21.3 Å². The topological polar surface area (TPSA) is 63.4 Å². The summed E-state index contributed by atoms with van der Waals surface area (Å²) >= 11 is 0. The van der Waals surface area contributed by atoms with Gasteiger partial charge in [0.1, 0.15) is 5.25 Å². The number of hydrogen-bond acceptors (Lipinski definition) is 3. The van der Waals surface area contributed by atoms with Crippen LogP contribution in [0, 0.1) is 0 Å². The molecule has 1 amide bonds. The van der Waals surface area contributed by atoms with Crippen molar-refractivity contribution in [1.29, 1.82) is 0 Å². The molecule has 2 atom stereocenters. The van der Waals surface area contributed by atoms with E-state index < -0.39 is 27.8 Å². The van der Waals surface area contributed by atoms with Gasteiger partial charge in [0, 0.05) is 19.3 Å². The Morgan fingerprint density at radius 1 is 1.40 bits per heavy atom. The lowest BCUT2D eigenvalue weighted by atomic mass is 10.2. The molecule has 1 fully saturated rings. The summed E-state index contributed by atoms with van der Waals surface area (Å²) in [7, 11) is -0.147. The van der Waals surface area contributed by atoms with E-state index in [1.807, 2.05) is 0 Å². The van der Waals surface area contributed by atoms with E-state index in [9.17, 15) is 22.2 Å². The number of hydrogen-bond donors (Lipinski definition) is 1. The molecule has 1 aliphatic rings. The van der Waals surface area contributed by atoms with Crippen LogP contribution in [0.15, 0.2) is 23.1 Å². The zero-order chi connectivity index (χ0) is 15.1. The first-order valence-electron chi connectivity index (χ1n) is 5.84. The molecular formula is C12H13F3N2O2S. The Morgan fingerprint density at radius 2 is 2.05 bits per heavy atom. The Labute approximate surface area is 116 Å². The van der Waals surface area contributed by atoms with Crippen molar-refractivity contribution in [3.63, 3.8) is 0 Å². The second-order valence-electron chi connectivity index (χ2n) is 4.58. The van der Waals surface area contributed by atoms with Gasteiger partial charge in [-0.2, -0.15) is 13.2 Å². The standard InChI is InChI=1S/C12H13F3N2O2S/c1-17-5-4-10(11(17)18)20(19)9-3-2-7(6-8(9)16)12(13,14)15/h2-3,6,10H,4-5,16H2,1H3. The van der Waals surface area contributed by atoms with Gasteiger partial charge in [-0.05, 0) is 24.6 Å². The fourth-order valence-electron chi connectivity index (χ4n) is 2.05. The molecule has 110 valence electrons. The first-order chi connectivity index (χ1) is 9.21. The summed E-state index contributed by atoms with van der Waals surface area (Å²) < 4.78 is 49.9. The summed E-state index contributed by atoms with van der Waals surface area (Å²) in [5.41, 5.74) is 4.44. The average Bonchev–Trinajstić information content (AvgIpc) is 2.68. The molecule has 0 radical (unpaired) electrons. The van der Waals surface area contributed by atoms with Gasteiger partial charge in [-0.1, -0.05) is 0 Å². The van der Waals surface area contributed by atoms with Gasteiger partial charge in [-0.15, -0.1) is 0 Å². The number of amides is 1. The number of anilines is 1. The predicted molar refractivity (Wildman–Crippen MR) is 68.3 cm³/mol. The summed E-state index contributed by atoms with van der Waals surface area (Å²) in [4.78, 5) is 13.3. The van der Waals surface area contributed by atoms with Gasteiger partial charge < -0.3 is 10.6 Å². The highest BCUT2D eigenvalue weighted by Gasteiger charge is 2.36. The van der Waals surface area contributed by atoms with E-state index in [1.165, 1.54) is 4.90 Å². The number of likely N-dealkylation sites (tertiary alicyclic amines) is 1. The highest BCUT2D eigenvalue weighted by atomic mass is 32.2. The number of nitrogens with zero attached hydrogens (tertiary/aromatic N) is 1. The lowest BCUT2D eigenvalue weighted by molar-refractivity contribution is -0.137. The number of rotatable bonds is 2. The summed E-state index contributed by atoms with van der Waals surface area (Å²) in [5.74, 6) is -0.275. The predicted octanol–water partition coefficient (Wildman–Crippen LogP) is 1.63. The van der Waals surface area contributed by atoms with Gasteiger partial charge in [0.25, 0.3) is 0 Å². The molecule has 0 spiro atoms. The zero-order valence-corrected chi connectivity index (χ0v) is 11.4. The van der Waals surface area contributed by atoms with Gasteiger partial charge >= 0.3 is 6.18 Å². The van der Waals surface area contributed by atoms with Crippen LogP contribution in [0.4, 0.5) is 18.9 Å². The smallest absolute Gasteiger partial charge is 0.398 e. The molecule has 8 heteroatoms. The molecule has 2 N–H and O–H groups in total. The minimum atomic E-state index is -4.50. The molecule has 1 aliphatic heterocycles. The molecule has 1 heterocycles. The molecule has 0 saturated carbocycles. The Kier molecular flexibility index (Phi) is 3.77. The molecule has 1 aromatic carbocycles. The minimum Gasteiger partial charge on any atom is -0.398 e. The van der Waals surface area contributed by atoms with Crippen molar-refractivity contribution in [2.75, 3.05) is 19.3 Å². The highest BCUT2D eigenvalue weighted by Crippen LogP contribution is 2.33. The molecule has 0 aliphatic carbocycles. The van der Waals surface area contributed by atoms with Gasteiger partial charge in [-0.3, -0.25) is 9.00 Å². The number of benzene rings is 1. The van der Waals surface area contributed by atoms with Gasteiger partial charge in [0.15, 0.2) is 0 Å². The third-order valence-electron chi connectivity index (χ3n) is 3.19. The summed E-state index contributed by atoms with van der Waals surface area (Å²) in [6.07, 6.45) is -4.10. The Morgan fingerprint density at radius 3 is 2.50 bits per heavy atom. The van der Waals surface area contributed by atoms with Crippen LogP contribution in [0.25, 0.3) is 0 Å². The van der Waals surface area contributed by atoms with Crippen molar-refractivity contribution >= 4 is 22.4 Å². The van der Waals surface area contributed by atoms with E-state index in [2.05, 4.69) is 0 Å². The maximum absolute atomic E-state index is 12.5. The molecule has 2 rings (SSSR count). The number of nitrogen functional groups attached to an aromatic ring is 1. The number of alkyl halides is 3. The fourth-order valence-corrected chi connectivity index (χ4v) is 3.53. The molecule has 0 aromatic heterocycles. The van der Waals surface area contributed by atoms with Crippen LogP contribution in [-0.2, 0) is 21.8 Å². The second kappa shape index (κ2) is 5.08. The van der Waals surface area contributed by atoms with E-state index in [0.29, 0.717) is 13.0 Å². The Bertz CT molecular complexity index is 574. The normalized spacial score (nSPS) is 21.3. The molecule has 20 heavy (non-hydrogen) atoms. The van der Waals surface area contributed by atoms with Crippen LogP contribution >= 0.6 is 0 Å². The Balaban J connectivity index is 2.30. The van der Waals surface area contributed by atoms with Crippen LogP contribution < -0.4 is 5.73 Å². The molecule has 1 saturated heterocycles. The average molecular weight is 306 g/mol. The zero-order valence-electron chi connectivity index (χ0n) is 10.6. The van der Waals surface area contributed by atoms with E-state index in [4.69, 9.17) is 5.73 Å². The Hall–Kier alpha value is -1.57. The van der Waals surface area contributed by atoms with Crippen molar-refractivity contribution in [2.24, 2.45) is 0 Å². The lowest BCUT2D eigenvalue weighted by Gasteiger charge is -2.13. The maximum Gasteiger partial charge on any atom is 0.416 e. The largest absolute Gasteiger partial charge is 0.416 e. The number of nitrogens with two attached hydrogens (primary N) is 1. The number of carbonyl (C=O) groups excluding carboxylic acids is 1. The van der Waals surface area contributed by atoms with Crippen LogP contribution in [0.3, 0.4) is 0 Å². The molecule has 4 nitrogen and oxygen atoms in total. The van der Waals surface area contributed by atoms with Crippen molar-refractivity contribution in [2.45, 2.75) is 22.7 Å². The van der Waals surface area contributed by atoms with Crippen molar-refractivity contribution in [3.8, 4) is 0 Å². The van der Waals surface area contributed by atoms with Crippen molar-refractivity contribution in [1.82, 2.24) is 4.90 Å². The van der Waals surface area contributed by atoms with Crippen molar-refractivity contribution < 1.29 is 22.2 Å². The summed E-state index contributed by atoms with van der Waals surface area (Å²) in [5, 5.41) is -0.737.